The third-order valence-corrected chi connectivity index (χ3v) is 10.6. The van der Waals surface area contributed by atoms with Crippen LogP contribution in [0.15, 0.2) is 0 Å². The van der Waals surface area contributed by atoms with Gasteiger partial charge in [0.05, 0.1) is 0 Å². The Morgan fingerprint density at radius 2 is 0.778 bits per heavy atom. The molecule has 4 rings (SSSR count). The Hall–Kier alpha value is 0.350. The van der Waals surface area contributed by atoms with E-state index in [1.54, 1.807) is 64.2 Å². The van der Waals surface area contributed by atoms with Crippen molar-refractivity contribution >= 4 is 12.6 Å². The fourth-order valence-corrected chi connectivity index (χ4v) is 8.11. The topological polar surface area (TPSA) is 0 Å². The molecule has 156 valence electrons. The van der Waals surface area contributed by atoms with E-state index in [0.29, 0.717) is 5.25 Å². The lowest BCUT2D eigenvalue weighted by Gasteiger charge is -2.43. The Bertz CT molecular complexity index is 435. The van der Waals surface area contributed by atoms with Crippen LogP contribution in [-0.4, -0.2) is 5.25 Å². The van der Waals surface area contributed by atoms with Crippen molar-refractivity contribution in [2.75, 3.05) is 0 Å². The zero-order chi connectivity index (χ0) is 18.8. The summed E-state index contributed by atoms with van der Waals surface area (Å²) >= 11 is 4.89. The van der Waals surface area contributed by atoms with Crippen LogP contribution in [0.25, 0.3) is 0 Å². The summed E-state index contributed by atoms with van der Waals surface area (Å²) in [6.45, 7) is 4.88. The van der Waals surface area contributed by atoms with Gasteiger partial charge in [-0.3, -0.25) is 0 Å². The highest BCUT2D eigenvalue weighted by molar-refractivity contribution is 7.81. The highest BCUT2D eigenvalue weighted by Crippen LogP contribution is 2.48. The van der Waals surface area contributed by atoms with Gasteiger partial charge in [0.15, 0.2) is 0 Å². The van der Waals surface area contributed by atoms with Crippen LogP contribution in [0.3, 0.4) is 0 Å². The van der Waals surface area contributed by atoms with Crippen LogP contribution in [0.5, 0.6) is 0 Å². The lowest BCUT2D eigenvalue weighted by atomic mass is 9.63. The molecule has 0 N–H and O–H groups in total. The molecule has 27 heavy (non-hydrogen) atoms. The number of hydrogen-bond acceptors (Lipinski definition) is 1. The van der Waals surface area contributed by atoms with Crippen molar-refractivity contribution in [3.05, 3.63) is 0 Å². The second kappa shape index (κ2) is 9.44. The minimum Gasteiger partial charge on any atom is -0.176 e. The summed E-state index contributed by atoms with van der Waals surface area (Å²) in [5.74, 6) is 8.29. The maximum absolute atomic E-state index is 4.89. The van der Waals surface area contributed by atoms with E-state index in [9.17, 15) is 0 Å². The largest absolute Gasteiger partial charge is 0.176 e. The smallest absolute Gasteiger partial charge is 0.00451 e. The van der Waals surface area contributed by atoms with Crippen LogP contribution in [0, 0.1) is 47.3 Å². The molecule has 0 radical (unpaired) electrons. The molecule has 0 aromatic rings. The van der Waals surface area contributed by atoms with Gasteiger partial charge in [-0.05, 0) is 131 Å². The van der Waals surface area contributed by atoms with Crippen molar-refractivity contribution in [2.45, 2.75) is 115 Å². The predicted octanol–water partition coefficient (Wildman–Crippen LogP) is 8.16. The van der Waals surface area contributed by atoms with Gasteiger partial charge in [0, 0.05) is 5.25 Å². The fraction of sp³-hybridized carbons (Fsp3) is 1.00. The van der Waals surface area contributed by atoms with Crippen LogP contribution in [0.2, 0.25) is 0 Å². The molecule has 4 aliphatic rings. The molecule has 1 heteroatoms. The molecule has 0 aliphatic heterocycles. The molecule has 0 heterocycles. The Morgan fingerprint density at radius 3 is 1.19 bits per heavy atom. The average Bonchev–Trinajstić information content (AvgIpc) is 2.71. The minimum absolute atomic E-state index is 0.680. The summed E-state index contributed by atoms with van der Waals surface area (Å²) in [6, 6.07) is 0. The molecule has 0 saturated heterocycles. The molecule has 0 amide bonds. The first-order valence-electron chi connectivity index (χ1n) is 12.8. The van der Waals surface area contributed by atoms with Crippen LogP contribution >= 0.6 is 12.6 Å². The van der Waals surface area contributed by atoms with Gasteiger partial charge < -0.3 is 0 Å². The first-order valence-corrected chi connectivity index (χ1v) is 13.3. The van der Waals surface area contributed by atoms with E-state index in [0.717, 1.165) is 47.3 Å². The summed E-state index contributed by atoms with van der Waals surface area (Å²) in [7, 11) is 0. The number of rotatable bonds is 3. The summed E-state index contributed by atoms with van der Waals surface area (Å²) in [5.41, 5.74) is 0. The Labute approximate surface area is 175 Å². The third-order valence-electron chi connectivity index (χ3n) is 9.89. The molecule has 3 atom stereocenters. The summed E-state index contributed by atoms with van der Waals surface area (Å²) in [5, 5.41) is 0.680. The number of hydrogen-bond donors (Lipinski definition) is 1. The van der Waals surface area contributed by atoms with Crippen LogP contribution in [0.1, 0.15) is 110 Å². The Kier molecular flexibility index (Phi) is 7.21. The lowest BCUT2D eigenvalue weighted by Crippen LogP contribution is -2.33. The highest BCUT2D eigenvalue weighted by atomic mass is 32.1. The molecular weight excluding hydrogens is 344 g/mol. The van der Waals surface area contributed by atoms with Crippen LogP contribution in [-0.2, 0) is 0 Å². The minimum atomic E-state index is 0.680. The highest BCUT2D eigenvalue weighted by Gasteiger charge is 2.37. The van der Waals surface area contributed by atoms with Gasteiger partial charge in [-0.15, -0.1) is 0 Å². The van der Waals surface area contributed by atoms with Gasteiger partial charge in [-0.2, -0.15) is 12.6 Å². The molecule has 0 aromatic heterocycles. The lowest BCUT2D eigenvalue weighted by molar-refractivity contribution is 0.0885. The van der Waals surface area contributed by atoms with Gasteiger partial charge in [0.2, 0.25) is 0 Å². The molecule has 4 aliphatic carbocycles. The second-order valence-electron chi connectivity index (χ2n) is 11.5. The van der Waals surface area contributed by atoms with E-state index in [1.807, 2.05) is 0 Å². The van der Waals surface area contributed by atoms with E-state index >= 15 is 0 Å². The Morgan fingerprint density at radius 1 is 0.444 bits per heavy atom. The molecule has 0 bridgehead atoms. The van der Waals surface area contributed by atoms with E-state index in [1.165, 1.54) is 32.1 Å². The summed E-state index contributed by atoms with van der Waals surface area (Å²) < 4.78 is 0. The molecule has 4 fully saturated rings. The molecule has 3 unspecified atom stereocenters. The van der Waals surface area contributed by atoms with Gasteiger partial charge in [-0.25, -0.2) is 0 Å². The van der Waals surface area contributed by atoms with Crippen LogP contribution < -0.4 is 0 Å². The van der Waals surface area contributed by atoms with Crippen molar-refractivity contribution in [1.29, 1.82) is 0 Å². The van der Waals surface area contributed by atoms with Gasteiger partial charge >= 0.3 is 0 Å². The molecule has 4 saturated carbocycles. The first-order chi connectivity index (χ1) is 13.1. The van der Waals surface area contributed by atoms with Crippen molar-refractivity contribution in [3.8, 4) is 0 Å². The first kappa shape index (κ1) is 20.6. The zero-order valence-corrected chi connectivity index (χ0v) is 19.1. The monoisotopic (exact) mass is 390 g/mol. The maximum atomic E-state index is 4.89. The molecular formula is C26H46S. The van der Waals surface area contributed by atoms with Gasteiger partial charge in [0.25, 0.3) is 0 Å². The number of thiol groups is 1. The zero-order valence-electron chi connectivity index (χ0n) is 18.2. The SMILES string of the molecule is CC1CCC(C2CCC(C3CCC(C4CCC(C)C(S)C4)CC3)CC2)CC1. The predicted molar refractivity (Wildman–Crippen MR) is 121 cm³/mol. The van der Waals surface area contributed by atoms with Gasteiger partial charge in [-0.1, -0.05) is 26.7 Å². The summed E-state index contributed by atoms with van der Waals surface area (Å²) in [4.78, 5) is 0. The molecule has 0 spiro atoms. The van der Waals surface area contributed by atoms with Crippen LogP contribution in [0.4, 0.5) is 0 Å². The van der Waals surface area contributed by atoms with E-state index in [-0.39, 0.29) is 0 Å². The van der Waals surface area contributed by atoms with Crippen molar-refractivity contribution in [3.63, 3.8) is 0 Å². The fourth-order valence-electron chi connectivity index (χ4n) is 7.69. The van der Waals surface area contributed by atoms with Gasteiger partial charge in [0.1, 0.15) is 0 Å². The molecule has 0 aromatic carbocycles. The van der Waals surface area contributed by atoms with Crippen molar-refractivity contribution in [1.82, 2.24) is 0 Å². The van der Waals surface area contributed by atoms with E-state index < -0.39 is 0 Å². The average molecular weight is 391 g/mol. The summed E-state index contributed by atoms with van der Waals surface area (Å²) in [6.07, 6.45) is 23.0. The quantitative estimate of drug-likeness (QED) is 0.462. The van der Waals surface area contributed by atoms with E-state index in [4.69, 9.17) is 12.6 Å². The van der Waals surface area contributed by atoms with Crippen molar-refractivity contribution < 1.29 is 0 Å². The second-order valence-corrected chi connectivity index (χ2v) is 12.2. The maximum Gasteiger partial charge on any atom is 0.00451 e. The van der Waals surface area contributed by atoms with Crippen molar-refractivity contribution in [2.24, 2.45) is 47.3 Å². The third kappa shape index (κ3) is 5.10. The van der Waals surface area contributed by atoms with E-state index in [2.05, 4.69) is 13.8 Å². The standard InChI is InChI=1S/C26H46S/c1-18-3-6-20(7-4-18)21-9-11-22(12-10-21)23-13-15-24(16-14-23)25-8-5-19(2)26(27)17-25/h18-27H,3-17H2,1-2H3. The Balaban J connectivity index is 1.18. The molecule has 0 nitrogen and oxygen atoms in total. The normalized spacial score (nSPS) is 49.7.